The summed E-state index contributed by atoms with van der Waals surface area (Å²) in [5.41, 5.74) is 0. The van der Waals surface area contributed by atoms with Gasteiger partial charge in [0.2, 0.25) is 0 Å². The van der Waals surface area contributed by atoms with E-state index in [0.717, 1.165) is 12.8 Å². The highest BCUT2D eigenvalue weighted by molar-refractivity contribution is 4.93. The first-order chi connectivity index (χ1) is 5.72. The molecule has 0 aliphatic heterocycles. The van der Waals surface area contributed by atoms with Crippen LogP contribution in [0.1, 0.15) is 46.0 Å². The van der Waals surface area contributed by atoms with Crippen LogP contribution in [0.5, 0.6) is 0 Å². The summed E-state index contributed by atoms with van der Waals surface area (Å²) in [7, 11) is 0. The monoisotopic (exact) mass is 168 g/mol. The molecule has 2 atom stereocenters. The van der Waals surface area contributed by atoms with Gasteiger partial charge in [0.1, 0.15) is 0 Å². The van der Waals surface area contributed by atoms with Crippen LogP contribution in [0.2, 0.25) is 0 Å². The minimum absolute atomic E-state index is 0.00614. The molecule has 0 radical (unpaired) electrons. The number of hydrogen-bond acceptors (Lipinski definition) is 1. The van der Waals surface area contributed by atoms with Crippen molar-refractivity contribution < 1.29 is 5.11 Å². The van der Waals surface area contributed by atoms with Gasteiger partial charge in [0, 0.05) is 5.92 Å². The Hall–Kier alpha value is -0.480. The first-order valence-corrected chi connectivity index (χ1v) is 4.86. The molecule has 1 N–H and O–H groups in total. The van der Waals surface area contributed by atoms with Crippen molar-refractivity contribution in [3.8, 4) is 12.3 Å². The Kier molecular flexibility index (Phi) is 6.90. The third-order valence-electron chi connectivity index (χ3n) is 2.19. The van der Waals surface area contributed by atoms with Crippen LogP contribution in [-0.2, 0) is 0 Å². The van der Waals surface area contributed by atoms with Crippen molar-refractivity contribution in [3.05, 3.63) is 0 Å². The topological polar surface area (TPSA) is 20.2 Å². The normalized spacial score (nSPS) is 15.2. The van der Waals surface area contributed by atoms with Gasteiger partial charge in [0.15, 0.2) is 0 Å². The molecular weight excluding hydrogens is 148 g/mol. The van der Waals surface area contributed by atoms with E-state index in [4.69, 9.17) is 6.42 Å². The van der Waals surface area contributed by atoms with Crippen molar-refractivity contribution in [3.63, 3.8) is 0 Å². The number of rotatable bonds is 6. The van der Waals surface area contributed by atoms with E-state index in [2.05, 4.69) is 12.8 Å². The molecule has 0 heterocycles. The van der Waals surface area contributed by atoms with Gasteiger partial charge in [-0.2, -0.15) is 0 Å². The van der Waals surface area contributed by atoms with Gasteiger partial charge in [-0.1, -0.05) is 32.6 Å². The van der Waals surface area contributed by atoms with Gasteiger partial charge in [-0.25, -0.2) is 0 Å². The highest BCUT2D eigenvalue weighted by Gasteiger charge is 2.09. The first-order valence-electron chi connectivity index (χ1n) is 4.86. The quantitative estimate of drug-likeness (QED) is 0.477. The fourth-order valence-corrected chi connectivity index (χ4v) is 1.14. The number of terminal acetylenes is 1. The molecule has 0 aliphatic rings. The molecule has 12 heavy (non-hydrogen) atoms. The maximum absolute atomic E-state index is 9.47. The van der Waals surface area contributed by atoms with Crippen molar-refractivity contribution in [2.24, 2.45) is 5.92 Å². The highest BCUT2D eigenvalue weighted by atomic mass is 16.3. The maximum Gasteiger partial charge on any atom is 0.0674 e. The first kappa shape index (κ1) is 11.5. The number of aliphatic hydroxyl groups excluding tert-OH is 1. The van der Waals surface area contributed by atoms with Gasteiger partial charge in [-0.15, -0.1) is 12.3 Å². The van der Waals surface area contributed by atoms with Crippen LogP contribution in [-0.4, -0.2) is 11.2 Å². The Morgan fingerprint density at radius 1 is 1.33 bits per heavy atom. The van der Waals surface area contributed by atoms with Crippen LogP contribution in [0.25, 0.3) is 0 Å². The summed E-state index contributed by atoms with van der Waals surface area (Å²) in [5.74, 6) is 2.56. The molecule has 0 amide bonds. The van der Waals surface area contributed by atoms with E-state index in [1.807, 2.05) is 6.92 Å². The van der Waals surface area contributed by atoms with E-state index in [-0.39, 0.29) is 12.0 Å². The standard InChI is InChI=1S/C11H20O/c1-4-6-7-8-9-11(12)10(3)5-2/h2,10-12H,4,6-9H2,1,3H3/t10-,11-/m0/s1. The molecule has 0 spiro atoms. The third-order valence-corrected chi connectivity index (χ3v) is 2.19. The number of hydrogen-bond donors (Lipinski definition) is 1. The molecule has 0 bridgehead atoms. The van der Waals surface area contributed by atoms with E-state index in [0.29, 0.717) is 0 Å². The molecule has 1 nitrogen and oxygen atoms in total. The molecular formula is C11H20O. The Morgan fingerprint density at radius 2 is 2.00 bits per heavy atom. The molecule has 0 saturated heterocycles. The average Bonchev–Trinajstić information content (AvgIpc) is 2.10. The highest BCUT2D eigenvalue weighted by Crippen LogP contribution is 2.11. The van der Waals surface area contributed by atoms with Crippen LogP contribution < -0.4 is 0 Å². The van der Waals surface area contributed by atoms with Crippen molar-refractivity contribution in [1.29, 1.82) is 0 Å². The summed E-state index contributed by atoms with van der Waals surface area (Å²) in [6.45, 7) is 4.07. The van der Waals surface area contributed by atoms with Gasteiger partial charge in [-0.3, -0.25) is 0 Å². The van der Waals surface area contributed by atoms with Crippen molar-refractivity contribution >= 4 is 0 Å². The van der Waals surface area contributed by atoms with E-state index in [1.165, 1.54) is 19.3 Å². The van der Waals surface area contributed by atoms with Crippen molar-refractivity contribution in [1.82, 2.24) is 0 Å². The second kappa shape index (κ2) is 7.18. The Bertz CT molecular complexity index is 134. The smallest absolute Gasteiger partial charge is 0.0674 e. The lowest BCUT2D eigenvalue weighted by Crippen LogP contribution is -2.15. The second-order valence-corrected chi connectivity index (χ2v) is 3.37. The van der Waals surface area contributed by atoms with Gasteiger partial charge in [-0.05, 0) is 13.3 Å². The molecule has 1 heteroatoms. The fraction of sp³-hybridized carbons (Fsp3) is 0.818. The largest absolute Gasteiger partial charge is 0.392 e. The SMILES string of the molecule is C#C[C@H](C)[C@@H](O)CCCCCC. The molecule has 0 unspecified atom stereocenters. The predicted molar refractivity (Wildman–Crippen MR) is 52.8 cm³/mol. The van der Waals surface area contributed by atoms with E-state index in [9.17, 15) is 5.11 Å². The van der Waals surface area contributed by atoms with Crippen LogP contribution in [0, 0.1) is 18.3 Å². The third kappa shape index (κ3) is 5.21. The summed E-state index contributed by atoms with van der Waals surface area (Å²) >= 11 is 0. The molecule has 0 aromatic rings. The number of aliphatic hydroxyl groups is 1. The zero-order chi connectivity index (χ0) is 9.40. The zero-order valence-electron chi connectivity index (χ0n) is 8.21. The molecule has 0 saturated carbocycles. The van der Waals surface area contributed by atoms with E-state index in [1.54, 1.807) is 0 Å². The van der Waals surface area contributed by atoms with E-state index < -0.39 is 0 Å². The zero-order valence-corrected chi connectivity index (χ0v) is 8.21. The fourth-order valence-electron chi connectivity index (χ4n) is 1.14. The van der Waals surface area contributed by atoms with Crippen LogP contribution in [0.3, 0.4) is 0 Å². The summed E-state index contributed by atoms with van der Waals surface area (Å²) in [6, 6.07) is 0. The van der Waals surface area contributed by atoms with Crippen LogP contribution in [0.4, 0.5) is 0 Å². The minimum Gasteiger partial charge on any atom is -0.392 e. The van der Waals surface area contributed by atoms with Gasteiger partial charge in [0.05, 0.1) is 6.10 Å². The Balaban J connectivity index is 3.32. The molecule has 70 valence electrons. The van der Waals surface area contributed by atoms with E-state index >= 15 is 0 Å². The maximum atomic E-state index is 9.47. The lowest BCUT2D eigenvalue weighted by atomic mass is 10.00. The number of unbranched alkanes of at least 4 members (excludes halogenated alkanes) is 3. The predicted octanol–water partition coefficient (Wildman–Crippen LogP) is 2.59. The minimum atomic E-state index is -0.299. The van der Waals surface area contributed by atoms with Gasteiger partial charge < -0.3 is 5.11 Å². The molecule has 0 aromatic carbocycles. The Labute approximate surface area is 76.2 Å². The lowest BCUT2D eigenvalue weighted by molar-refractivity contribution is 0.128. The molecule has 0 fully saturated rings. The summed E-state index contributed by atoms with van der Waals surface area (Å²) in [4.78, 5) is 0. The van der Waals surface area contributed by atoms with Crippen molar-refractivity contribution in [2.45, 2.75) is 52.1 Å². The summed E-state index contributed by atoms with van der Waals surface area (Å²) in [6.07, 6.45) is 10.6. The molecule has 0 aromatic heterocycles. The second-order valence-electron chi connectivity index (χ2n) is 3.37. The molecule has 0 aliphatic carbocycles. The Morgan fingerprint density at radius 3 is 2.50 bits per heavy atom. The van der Waals surface area contributed by atoms with Crippen LogP contribution in [0.15, 0.2) is 0 Å². The van der Waals surface area contributed by atoms with Gasteiger partial charge in [0.25, 0.3) is 0 Å². The average molecular weight is 168 g/mol. The van der Waals surface area contributed by atoms with Crippen LogP contribution >= 0.6 is 0 Å². The molecule has 0 rings (SSSR count). The lowest BCUT2D eigenvalue weighted by Gasteiger charge is -2.12. The van der Waals surface area contributed by atoms with Crippen molar-refractivity contribution in [2.75, 3.05) is 0 Å². The summed E-state index contributed by atoms with van der Waals surface area (Å²) < 4.78 is 0. The summed E-state index contributed by atoms with van der Waals surface area (Å²) in [5, 5.41) is 9.47. The van der Waals surface area contributed by atoms with Gasteiger partial charge >= 0.3 is 0 Å².